The van der Waals surface area contributed by atoms with Crippen molar-refractivity contribution in [3.05, 3.63) is 20.8 Å². The molecule has 1 heterocycles. The van der Waals surface area contributed by atoms with Gasteiger partial charge >= 0.3 is 6.18 Å². The summed E-state index contributed by atoms with van der Waals surface area (Å²) in [5, 5.41) is 1.81. The number of alkyl halides is 3. The second-order valence-electron chi connectivity index (χ2n) is 2.93. The minimum atomic E-state index is -4.12. The molecule has 0 radical (unpaired) electrons. The van der Waals surface area contributed by atoms with Gasteiger partial charge in [0, 0.05) is 27.2 Å². The van der Waals surface area contributed by atoms with Crippen molar-refractivity contribution in [3.63, 3.8) is 0 Å². The number of nitrogens with two attached hydrogens (primary N) is 1. The molecule has 0 amide bonds. The minimum absolute atomic E-state index is 0.0591. The smallest absolute Gasteiger partial charge is 0.323 e. The maximum Gasteiger partial charge on any atom is 0.389 e. The molecule has 0 aliphatic rings. The first-order chi connectivity index (χ1) is 6.38. The van der Waals surface area contributed by atoms with Crippen LogP contribution < -0.4 is 5.73 Å². The van der Waals surface area contributed by atoms with Gasteiger partial charge in [-0.05, 0) is 28.4 Å². The van der Waals surface area contributed by atoms with Crippen molar-refractivity contribution in [2.45, 2.75) is 25.1 Å². The van der Waals surface area contributed by atoms with Gasteiger partial charge < -0.3 is 5.73 Å². The van der Waals surface area contributed by atoms with Crippen LogP contribution in [0.2, 0.25) is 0 Å². The van der Waals surface area contributed by atoms with E-state index in [-0.39, 0.29) is 6.42 Å². The molecule has 1 aromatic rings. The van der Waals surface area contributed by atoms with Crippen LogP contribution in [0, 0.1) is 0 Å². The molecule has 0 spiro atoms. The fraction of sp³-hybridized carbons (Fsp3) is 0.500. The number of hydrogen-bond acceptors (Lipinski definition) is 2. The van der Waals surface area contributed by atoms with Gasteiger partial charge in [0.2, 0.25) is 0 Å². The lowest BCUT2D eigenvalue weighted by molar-refractivity contribution is -0.136. The Morgan fingerprint density at radius 1 is 1.50 bits per heavy atom. The highest BCUT2D eigenvalue weighted by Gasteiger charge is 2.28. The summed E-state index contributed by atoms with van der Waals surface area (Å²) in [6.07, 6.45) is -5.01. The molecule has 1 nitrogen and oxygen atoms in total. The molecule has 1 aromatic heterocycles. The molecule has 1 atom stereocenters. The fourth-order valence-corrected chi connectivity index (χ4v) is 2.47. The van der Waals surface area contributed by atoms with Gasteiger partial charge in [-0.2, -0.15) is 13.2 Å². The molecule has 80 valence electrons. The third-order valence-electron chi connectivity index (χ3n) is 1.69. The third kappa shape index (κ3) is 3.98. The number of hydrogen-bond donors (Lipinski definition) is 1. The molecule has 6 heteroatoms. The summed E-state index contributed by atoms with van der Waals surface area (Å²) >= 11 is 4.59. The first kappa shape index (κ1) is 12.0. The Bertz CT molecular complexity index is 297. The molecule has 0 aromatic carbocycles. The van der Waals surface area contributed by atoms with Gasteiger partial charge in [-0.3, -0.25) is 0 Å². The van der Waals surface area contributed by atoms with Crippen LogP contribution in [0.5, 0.6) is 0 Å². The van der Waals surface area contributed by atoms with Crippen molar-refractivity contribution in [2.75, 3.05) is 0 Å². The second kappa shape index (κ2) is 4.63. The van der Waals surface area contributed by atoms with Crippen LogP contribution >= 0.6 is 27.3 Å². The van der Waals surface area contributed by atoms with Crippen molar-refractivity contribution >= 4 is 27.3 Å². The summed E-state index contributed by atoms with van der Waals surface area (Å²) in [6, 6.07) is 1.24. The second-order valence-corrected chi connectivity index (χ2v) is 4.79. The van der Waals surface area contributed by atoms with Crippen molar-refractivity contribution < 1.29 is 13.2 Å². The lowest BCUT2D eigenvalue weighted by Crippen LogP contribution is -2.14. The summed E-state index contributed by atoms with van der Waals surface area (Å²) in [5.41, 5.74) is 5.61. The van der Waals surface area contributed by atoms with E-state index in [0.717, 1.165) is 9.35 Å². The van der Waals surface area contributed by atoms with Gasteiger partial charge in [-0.15, -0.1) is 11.3 Å². The van der Waals surface area contributed by atoms with Crippen molar-refractivity contribution in [1.82, 2.24) is 0 Å². The highest BCUT2D eigenvalue weighted by atomic mass is 79.9. The van der Waals surface area contributed by atoms with E-state index < -0.39 is 18.6 Å². The molecule has 2 N–H and O–H groups in total. The zero-order chi connectivity index (χ0) is 10.8. The predicted molar refractivity (Wildman–Crippen MR) is 54.2 cm³/mol. The van der Waals surface area contributed by atoms with E-state index in [4.69, 9.17) is 5.73 Å². The summed E-state index contributed by atoms with van der Waals surface area (Å²) in [4.78, 5) is 0.779. The highest BCUT2D eigenvalue weighted by Crippen LogP contribution is 2.30. The molecule has 0 saturated carbocycles. The average Bonchev–Trinajstić information content (AvgIpc) is 2.46. The Kier molecular flexibility index (Phi) is 3.97. The molecule has 1 rings (SSSR count). The normalized spacial score (nSPS) is 14.4. The Hall–Kier alpha value is -0.0700. The van der Waals surface area contributed by atoms with Crippen LogP contribution in [-0.2, 0) is 0 Å². The van der Waals surface area contributed by atoms with Crippen LogP contribution in [0.3, 0.4) is 0 Å². The molecule has 0 bridgehead atoms. The summed E-state index contributed by atoms with van der Waals surface area (Å²) < 4.78 is 36.5. The van der Waals surface area contributed by atoms with Gasteiger partial charge in [0.25, 0.3) is 0 Å². The van der Waals surface area contributed by atoms with Gasteiger partial charge in [0.05, 0.1) is 0 Å². The predicted octanol–water partition coefficient (Wildman–Crippen LogP) is 3.85. The summed E-state index contributed by atoms with van der Waals surface area (Å²) in [5.74, 6) is 0. The Labute approximate surface area is 92.2 Å². The van der Waals surface area contributed by atoms with Gasteiger partial charge in [-0.1, -0.05) is 0 Å². The molecule has 0 saturated heterocycles. The quantitative estimate of drug-likeness (QED) is 0.898. The average molecular weight is 288 g/mol. The van der Waals surface area contributed by atoms with Gasteiger partial charge in [0.1, 0.15) is 0 Å². The van der Waals surface area contributed by atoms with Crippen LogP contribution in [0.15, 0.2) is 15.9 Å². The zero-order valence-electron chi connectivity index (χ0n) is 7.14. The Morgan fingerprint density at radius 3 is 2.57 bits per heavy atom. The van der Waals surface area contributed by atoms with Gasteiger partial charge in [0.15, 0.2) is 0 Å². The number of thiophene rings is 1. The van der Waals surface area contributed by atoms with Crippen LogP contribution in [0.25, 0.3) is 0 Å². The van der Waals surface area contributed by atoms with Crippen molar-refractivity contribution in [1.29, 1.82) is 0 Å². The number of halogens is 4. The monoisotopic (exact) mass is 287 g/mol. The van der Waals surface area contributed by atoms with E-state index in [9.17, 15) is 13.2 Å². The minimum Gasteiger partial charge on any atom is -0.323 e. The number of rotatable bonds is 3. The Balaban J connectivity index is 2.47. The van der Waals surface area contributed by atoms with E-state index in [1.807, 2.05) is 5.38 Å². The molecule has 14 heavy (non-hydrogen) atoms. The first-order valence-corrected chi connectivity index (χ1v) is 5.62. The van der Waals surface area contributed by atoms with Crippen LogP contribution in [0.4, 0.5) is 13.2 Å². The van der Waals surface area contributed by atoms with Crippen molar-refractivity contribution in [2.24, 2.45) is 5.73 Å². The van der Waals surface area contributed by atoms with E-state index >= 15 is 0 Å². The third-order valence-corrected chi connectivity index (χ3v) is 3.52. The summed E-state index contributed by atoms with van der Waals surface area (Å²) in [7, 11) is 0. The molecule has 0 aliphatic heterocycles. The largest absolute Gasteiger partial charge is 0.389 e. The topological polar surface area (TPSA) is 26.0 Å². The molecule has 0 unspecified atom stereocenters. The first-order valence-electron chi connectivity index (χ1n) is 3.95. The molecule has 0 aliphatic carbocycles. The lowest BCUT2D eigenvalue weighted by atomic mass is 10.1. The highest BCUT2D eigenvalue weighted by molar-refractivity contribution is 9.10. The van der Waals surface area contributed by atoms with Gasteiger partial charge in [-0.25, -0.2) is 0 Å². The van der Waals surface area contributed by atoms with Crippen LogP contribution in [0.1, 0.15) is 23.8 Å². The maximum absolute atomic E-state index is 11.9. The maximum atomic E-state index is 11.9. The van der Waals surface area contributed by atoms with E-state index in [1.54, 1.807) is 6.07 Å². The zero-order valence-corrected chi connectivity index (χ0v) is 9.55. The van der Waals surface area contributed by atoms with E-state index in [2.05, 4.69) is 15.9 Å². The van der Waals surface area contributed by atoms with E-state index in [0.29, 0.717) is 0 Å². The molecular formula is C8H9BrF3NS. The lowest BCUT2D eigenvalue weighted by Gasteiger charge is -2.11. The fourth-order valence-electron chi connectivity index (χ4n) is 0.984. The standard InChI is InChI=1S/C8H9BrF3NS/c9-5-3-7(14-4-5)6(13)1-2-8(10,11)12/h3-4,6H,1-2,13H2/t6-/m0/s1. The summed E-state index contributed by atoms with van der Waals surface area (Å²) in [6.45, 7) is 0. The SMILES string of the molecule is N[C@@H](CCC(F)(F)F)c1cc(Br)cs1. The van der Waals surface area contributed by atoms with Crippen LogP contribution in [-0.4, -0.2) is 6.18 Å². The molecular weight excluding hydrogens is 279 g/mol. The molecule has 0 fully saturated rings. The van der Waals surface area contributed by atoms with E-state index in [1.165, 1.54) is 11.3 Å². The van der Waals surface area contributed by atoms with Crippen molar-refractivity contribution in [3.8, 4) is 0 Å². The Morgan fingerprint density at radius 2 is 2.14 bits per heavy atom.